The zero-order valence-electron chi connectivity index (χ0n) is 12.1. The molecule has 0 N–H and O–H groups in total. The fourth-order valence-corrected chi connectivity index (χ4v) is 1.98. The van der Waals surface area contributed by atoms with Crippen molar-refractivity contribution >= 4 is 5.78 Å². The zero-order chi connectivity index (χ0) is 14.5. The molecular weight excluding hydrogens is 250 g/mol. The lowest BCUT2D eigenvalue weighted by Gasteiger charge is -2.08. The highest BCUT2D eigenvalue weighted by Crippen LogP contribution is 2.18. The lowest BCUT2D eigenvalue weighted by atomic mass is 9.98. The number of pyridine rings is 1. The van der Waals surface area contributed by atoms with Crippen molar-refractivity contribution in [3.8, 4) is 5.75 Å². The van der Waals surface area contributed by atoms with Gasteiger partial charge in [0, 0.05) is 17.3 Å². The van der Waals surface area contributed by atoms with E-state index in [0.29, 0.717) is 17.9 Å². The second-order valence-corrected chi connectivity index (χ2v) is 4.91. The van der Waals surface area contributed by atoms with E-state index in [2.05, 4.69) is 4.98 Å². The maximum atomic E-state index is 12.5. The van der Waals surface area contributed by atoms with Gasteiger partial charge in [0.2, 0.25) is 0 Å². The third-order valence-electron chi connectivity index (χ3n) is 3.09. The molecule has 1 aromatic carbocycles. The van der Waals surface area contributed by atoms with Crippen LogP contribution in [0.3, 0.4) is 0 Å². The van der Waals surface area contributed by atoms with Gasteiger partial charge in [0.25, 0.3) is 0 Å². The third-order valence-corrected chi connectivity index (χ3v) is 3.09. The summed E-state index contributed by atoms with van der Waals surface area (Å²) >= 11 is 0. The molecule has 0 bridgehead atoms. The summed E-state index contributed by atoms with van der Waals surface area (Å²) < 4.78 is 5.52. The number of hydrogen-bond donors (Lipinski definition) is 0. The molecule has 0 aliphatic heterocycles. The molecule has 0 unspecified atom stereocenters. The molecule has 20 heavy (non-hydrogen) atoms. The molecule has 2 rings (SSSR count). The molecule has 2 aromatic rings. The summed E-state index contributed by atoms with van der Waals surface area (Å²) in [6.07, 6.45) is 4.15. The summed E-state index contributed by atoms with van der Waals surface area (Å²) in [6.45, 7) is 6.59. The van der Waals surface area contributed by atoms with Crippen LogP contribution in [0.15, 0.2) is 36.7 Å². The second kappa shape index (κ2) is 6.33. The minimum atomic E-state index is -0.0133. The van der Waals surface area contributed by atoms with Gasteiger partial charge in [0.05, 0.1) is 12.8 Å². The van der Waals surface area contributed by atoms with E-state index in [-0.39, 0.29) is 5.78 Å². The monoisotopic (exact) mass is 269 g/mol. The molecule has 0 saturated carbocycles. The third kappa shape index (κ3) is 3.23. The number of ketones is 1. The fraction of sp³-hybridized carbons (Fsp3) is 0.294. The highest BCUT2D eigenvalue weighted by atomic mass is 16.5. The van der Waals surface area contributed by atoms with Crippen molar-refractivity contribution in [2.75, 3.05) is 6.61 Å². The summed E-state index contributed by atoms with van der Waals surface area (Å²) in [5, 5.41) is 0. The Kier molecular flexibility index (Phi) is 4.51. The Bertz CT molecular complexity index is 620. The number of aryl methyl sites for hydroxylation is 2. The average Bonchev–Trinajstić information content (AvgIpc) is 2.47. The number of benzene rings is 1. The summed E-state index contributed by atoms with van der Waals surface area (Å²) in [5.74, 6) is 0.628. The van der Waals surface area contributed by atoms with E-state index in [0.717, 1.165) is 23.1 Å². The average molecular weight is 269 g/mol. The molecule has 0 aliphatic carbocycles. The normalized spacial score (nSPS) is 10.3. The number of rotatable bonds is 5. The van der Waals surface area contributed by atoms with Crippen LogP contribution in [-0.2, 0) is 0 Å². The topological polar surface area (TPSA) is 39.2 Å². The summed E-state index contributed by atoms with van der Waals surface area (Å²) in [5.41, 5.74) is 3.33. The van der Waals surface area contributed by atoms with Crippen molar-refractivity contribution < 1.29 is 9.53 Å². The number of carbonyl (C=O) groups excluding carboxylic acids is 1. The molecule has 0 amide bonds. The Morgan fingerprint density at radius 2 is 2.00 bits per heavy atom. The molecule has 0 radical (unpaired) electrons. The van der Waals surface area contributed by atoms with Gasteiger partial charge in [-0.25, -0.2) is 0 Å². The molecule has 1 heterocycles. The van der Waals surface area contributed by atoms with E-state index in [1.165, 1.54) is 0 Å². The lowest BCUT2D eigenvalue weighted by molar-refractivity contribution is 0.103. The molecule has 0 saturated heterocycles. The predicted molar refractivity (Wildman–Crippen MR) is 79.4 cm³/mol. The molecule has 0 atom stereocenters. The molecule has 0 fully saturated rings. The van der Waals surface area contributed by atoms with Gasteiger partial charge in [-0.05, 0) is 38.0 Å². The van der Waals surface area contributed by atoms with Gasteiger partial charge < -0.3 is 4.74 Å². The highest BCUT2D eigenvalue weighted by molar-refractivity contribution is 6.10. The van der Waals surface area contributed by atoms with E-state index < -0.39 is 0 Å². The van der Waals surface area contributed by atoms with Crippen LogP contribution in [-0.4, -0.2) is 17.4 Å². The van der Waals surface area contributed by atoms with E-state index >= 15 is 0 Å². The smallest absolute Gasteiger partial charge is 0.194 e. The molecule has 0 aliphatic rings. The van der Waals surface area contributed by atoms with Gasteiger partial charge in [-0.1, -0.05) is 24.6 Å². The number of carbonyl (C=O) groups is 1. The van der Waals surface area contributed by atoms with Crippen molar-refractivity contribution in [1.29, 1.82) is 0 Å². The number of hydrogen-bond acceptors (Lipinski definition) is 3. The first-order valence-electron chi connectivity index (χ1n) is 6.81. The maximum Gasteiger partial charge on any atom is 0.194 e. The van der Waals surface area contributed by atoms with Gasteiger partial charge in [0.1, 0.15) is 5.75 Å². The van der Waals surface area contributed by atoms with E-state index in [4.69, 9.17) is 4.74 Å². The molecular formula is C17H19NO2. The Morgan fingerprint density at radius 1 is 1.20 bits per heavy atom. The standard InChI is InChI=1S/C17H19NO2/c1-4-7-20-15-9-14(10-18-11-15)17(19)16-8-12(2)5-6-13(16)3/h5-6,8-11H,4,7H2,1-3H3. The number of aromatic nitrogens is 1. The van der Waals surface area contributed by atoms with Gasteiger partial charge in [-0.15, -0.1) is 0 Å². The largest absolute Gasteiger partial charge is 0.492 e. The van der Waals surface area contributed by atoms with Crippen molar-refractivity contribution in [3.05, 3.63) is 58.9 Å². The summed E-state index contributed by atoms with van der Waals surface area (Å²) in [6, 6.07) is 7.64. The quantitative estimate of drug-likeness (QED) is 0.777. The zero-order valence-corrected chi connectivity index (χ0v) is 12.1. The molecule has 3 heteroatoms. The van der Waals surface area contributed by atoms with Crippen LogP contribution in [0, 0.1) is 13.8 Å². The van der Waals surface area contributed by atoms with E-state index in [1.807, 2.05) is 39.0 Å². The van der Waals surface area contributed by atoms with Crippen LogP contribution in [0.4, 0.5) is 0 Å². The van der Waals surface area contributed by atoms with Crippen LogP contribution in [0.25, 0.3) is 0 Å². The Labute approximate surface area is 119 Å². The van der Waals surface area contributed by atoms with Crippen molar-refractivity contribution in [2.45, 2.75) is 27.2 Å². The van der Waals surface area contributed by atoms with Gasteiger partial charge in [-0.2, -0.15) is 0 Å². The van der Waals surface area contributed by atoms with Gasteiger partial charge in [-0.3, -0.25) is 9.78 Å². The SMILES string of the molecule is CCCOc1cncc(C(=O)c2cc(C)ccc2C)c1. The van der Waals surface area contributed by atoms with Crippen molar-refractivity contribution in [2.24, 2.45) is 0 Å². The maximum absolute atomic E-state index is 12.5. The first-order valence-corrected chi connectivity index (χ1v) is 6.81. The molecule has 3 nitrogen and oxygen atoms in total. The number of ether oxygens (including phenoxy) is 1. The van der Waals surface area contributed by atoms with Gasteiger partial charge >= 0.3 is 0 Å². The van der Waals surface area contributed by atoms with Crippen LogP contribution < -0.4 is 4.74 Å². The summed E-state index contributed by atoms with van der Waals surface area (Å²) in [7, 11) is 0. The Hall–Kier alpha value is -2.16. The van der Waals surface area contributed by atoms with Crippen molar-refractivity contribution in [1.82, 2.24) is 4.98 Å². The predicted octanol–water partition coefficient (Wildman–Crippen LogP) is 3.72. The van der Waals surface area contributed by atoms with Crippen LogP contribution in [0.2, 0.25) is 0 Å². The minimum Gasteiger partial charge on any atom is -0.492 e. The molecule has 104 valence electrons. The van der Waals surface area contributed by atoms with Crippen LogP contribution in [0.1, 0.15) is 40.4 Å². The van der Waals surface area contributed by atoms with Crippen LogP contribution >= 0.6 is 0 Å². The number of nitrogens with zero attached hydrogens (tertiary/aromatic N) is 1. The minimum absolute atomic E-state index is 0.0133. The van der Waals surface area contributed by atoms with Crippen molar-refractivity contribution in [3.63, 3.8) is 0 Å². The Balaban J connectivity index is 2.31. The second-order valence-electron chi connectivity index (χ2n) is 4.91. The summed E-state index contributed by atoms with van der Waals surface area (Å²) in [4.78, 5) is 16.6. The Morgan fingerprint density at radius 3 is 2.75 bits per heavy atom. The van der Waals surface area contributed by atoms with E-state index in [9.17, 15) is 4.79 Å². The van der Waals surface area contributed by atoms with Gasteiger partial charge in [0.15, 0.2) is 5.78 Å². The fourth-order valence-electron chi connectivity index (χ4n) is 1.98. The molecule has 0 spiro atoms. The first-order chi connectivity index (χ1) is 9.61. The van der Waals surface area contributed by atoms with Crippen LogP contribution in [0.5, 0.6) is 5.75 Å². The lowest BCUT2D eigenvalue weighted by Crippen LogP contribution is -2.05. The highest BCUT2D eigenvalue weighted by Gasteiger charge is 2.13. The first kappa shape index (κ1) is 14.3. The van der Waals surface area contributed by atoms with E-state index in [1.54, 1.807) is 18.5 Å². The molecule has 1 aromatic heterocycles.